The number of nitrogens with zero attached hydrogens (tertiary/aromatic N) is 7. The van der Waals surface area contributed by atoms with Crippen LogP contribution in [0.5, 0.6) is 0 Å². The summed E-state index contributed by atoms with van der Waals surface area (Å²) in [4.78, 5) is 43.4. The van der Waals surface area contributed by atoms with Crippen molar-refractivity contribution >= 4 is 17.9 Å². The molecular formula is C16H29N7O6. The van der Waals surface area contributed by atoms with Crippen LogP contribution in [-0.2, 0) is 14.4 Å². The molecule has 0 aromatic carbocycles. The highest BCUT2D eigenvalue weighted by atomic mass is 16.4. The summed E-state index contributed by atoms with van der Waals surface area (Å²) in [6, 6.07) is 0. The van der Waals surface area contributed by atoms with E-state index < -0.39 is 17.9 Å². The van der Waals surface area contributed by atoms with Crippen molar-refractivity contribution in [2.45, 2.75) is 0 Å². The molecule has 1 fully saturated rings. The molecule has 0 unspecified atom stereocenters. The normalized spacial score (nSPS) is 18.9. The van der Waals surface area contributed by atoms with E-state index in [1.165, 1.54) is 0 Å². The third kappa shape index (κ3) is 11.9. The Bertz CT molecular complexity index is 566. The first-order chi connectivity index (χ1) is 13.8. The summed E-state index contributed by atoms with van der Waals surface area (Å²) in [6.45, 7) is 3.65. The lowest BCUT2D eigenvalue weighted by Gasteiger charge is -2.32. The van der Waals surface area contributed by atoms with E-state index in [0.29, 0.717) is 58.9 Å². The lowest BCUT2D eigenvalue weighted by Crippen LogP contribution is -2.48. The minimum atomic E-state index is -0.990. The maximum atomic E-state index is 11.2. The van der Waals surface area contributed by atoms with E-state index >= 15 is 0 Å². The Hall–Kier alpha value is -2.44. The maximum absolute atomic E-state index is 11.2. The van der Waals surface area contributed by atoms with Gasteiger partial charge in [-0.25, -0.2) is 0 Å². The molecule has 0 spiro atoms. The molecule has 13 heteroatoms. The van der Waals surface area contributed by atoms with Gasteiger partial charge in [-0.05, 0) is 5.53 Å². The summed E-state index contributed by atoms with van der Waals surface area (Å²) in [5, 5.41) is 30.9. The van der Waals surface area contributed by atoms with Crippen LogP contribution in [0.25, 0.3) is 10.4 Å². The number of carboxylic acids is 3. The van der Waals surface area contributed by atoms with Gasteiger partial charge >= 0.3 is 17.9 Å². The zero-order chi connectivity index (χ0) is 21.6. The quantitative estimate of drug-likeness (QED) is 0.235. The molecule has 0 amide bonds. The van der Waals surface area contributed by atoms with Gasteiger partial charge in [0.05, 0.1) is 19.6 Å². The third-order valence-electron chi connectivity index (χ3n) is 4.59. The number of hydrogen-bond acceptors (Lipinski definition) is 8. The van der Waals surface area contributed by atoms with Gasteiger partial charge in [0.1, 0.15) is 0 Å². The molecule has 164 valence electrons. The highest BCUT2D eigenvalue weighted by Crippen LogP contribution is 2.01. The monoisotopic (exact) mass is 415 g/mol. The second-order valence-electron chi connectivity index (χ2n) is 6.81. The molecule has 0 saturated carbocycles. The molecule has 29 heavy (non-hydrogen) atoms. The highest BCUT2D eigenvalue weighted by molar-refractivity contribution is 5.69. The Morgan fingerprint density at radius 2 is 1.00 bits per heavy atom. The first-order valence-corrected chi connectivity index (χ1v) is 9.35. The predicted octanol–water partition coefficient (Wildman–Crippen LogP) is -1.23. The van der Waals surface area contributed by atoms with E-state index in [1.54, 1.807) is 14.7 Å². The van der Waals surface area contributed by atoms with Gasteiger partial charge in [0.25, 0.3) is 0 Å². The topological polar surface area (TPSA) is 174 Å². The number of hydrogen-bond donors (Lipinski definition) is 3. The van der Waals surface area contributed by atoms with Crippen LogP contribution in [0.2, 0.25) is 0 Å². The van der Waals surface area contributed by atoms with Gasteiger partial charge in [-0.2, -0.15) is 0 Å². The Kier molecular flexibility index (Phi) is 11.6. The molecule has 0 aromatic rings. The third-order valence-corrected chi connectivity index (χ3v) is 4.59. The Morgan fingerprint density at radius 3 is 1.28 bits per heavy atom. The summed E-state index contributed by atoms with van der Waals surface area (Å²) in [5.74, 6) is -2.92. The summed E-state index contributed by atoms with van der Waals surface area (Å²) in [7, 11) is 0. The van der Waals surface area contributed by atoms with E-state index in [0.717, 1.165) is 0 Å². The van der Waals surface area contributed by atoms with E-state index in [-0.39, 0.29) is 26.2 Å². The average Bonchev–Trinajstić information content (AvgIpc) is 2.62. The van der Waals surface area contributed by atoms with Gasteiger partial charge in [0, 0.05) is 70.4 Å². The molecule has 1 rings (SSSR count). The standard InChI is InChI=1S/C16H29N7O6/c17-19-18-1-2-20-3-5-21(11-14(24)25)7-9-23(13-16(28)29)10-8-22(6-4-20)12-15(26)27/h1-13H2,(H,24,25)(H,26,27)(H,28,29). The lowest BCUT2D eigenvalue weighted by atomic mass is 10.3. The van der Waals surface area contributed by atoms with E-state index in [4.69, 9.17) is 20.9 Å². The van der Waals surface area contributed by atoms with Gasteiger partial charge < -0.3 is 20.2 Å². The van der Waals surface area contributed by atoms with Crippen LogP contribution in [0.1, 0.15) is 0 Å². The number of carbonyl (C=O) groups is 3. The first-order valence-electron chi connectivity index (χ1n) is 9.35. The fourth-order valence-corrected chi connectivity index (χ4v) is 3.08. The smallest absolute Gasteiger partial charge is 0.317 e. The molecule has 0 aliphatic carbocycles. The summed E-state index contributed by atoms with van der Waals surface area (Å²) in [5.41, 5.74) is 8.46. The second-order valence-corrected chi connectivity index (χ2v) is 6.81. The Balaban J connectivity index is 2.89. The van der Waals surface area contributed by atoms with Crippen molar-refractivity contribution in [1.29, 1.82) is 0 Å². The van der Waals surface area contributed by atoms with Crippen LogP contribution in [0.15, 0.2) is 5.11 Å². The summed E-state index contributed by atoms with van der Waals surface area (Å²) in [6.07, 6.45) is 0. The maximum Gasteiger partial charge on any atom is 0.317 e. The molecule has 0 bridgehead atoms. The van der Waals surface area contributed by atoms with Gasteiger partial charge in [-0.15, -0.1) is 0 Å². The molecule has 0 radical (unpaired) electrons. The SMILES string of the molecule is [N-]=[N+]=NCCN1CCN(CC(=O)O)CCN(CC(=O)O)CCN(CC(=O)O)CC1. The zero-order valence-electron chi connectivity index (χ0n) is 16.4. The highest BCUT2D eigenvalue weighted by Gasteiger charge is 2.19. The minimum Gasteiger partial charge on any atom is -0.480 e. The van der Waals surface area contributed by atoms with Crippen LogP contribution >= 0.6 is 0 Å². The molecule has 1 saturated heterocycles. The van der Waals surface area contributed by atoms with Crippen molar-refractivity contribution in [3.8, 4) is 0 Å². The molecule has 0 atom stereocenters. The largest absolute Gasteiger partial charge is 0.480 e. The van der Waals surface area contributed by atoms with Crippen LogP contribution in [0.4, 0.5) is 0 Å². The van der Waals surface area contributed by atoms with Crippen molar-refractivity contribution in [2.75, 3.05) is 85.1 Å². The summed E-state index contributed by atoms with van der Waals surface area (Å²) >= 11 is 0. The number of azide groups is 1. The van der Waals surface area contributed by atoms with E-state index in [2.05, 4.69) is 10.0 Å². The predicted molar refractivity (Wildman–Crippen MR) is 103 cm³/mol. The van der Waals surface area contributed by atoms with Gasteiger partial charge in [-0.3, -0.25) is 29.1 Å². The molecule has 3 N–H and O–H groups in total. The van der Waals surface area contributed by atoms with E-state index in [9.17, 15) is 14.4 Å². The molecular weight excluding hydrogens is 386 g/mol. The van der Waals surface area contributed by atoms with Crippen LogP contribution in [0.3, 0.4) is 0 Å². The van der Waals surface area contributed by atoms with Gasteiger partial charge in [0.2, 0.25) is 0 Å². The average molecular weight is 415 g/mol. The Labute approximate surface area is 168 Å². The molecule has 0 aromatic heterocycles. The van der Waals surface area contributed by atoms with Crippen LogP contribution < -0.4 is 0 Å². The minimum absolute atomic E-state index is 0.157. The van der Waals surface area contributed by atoms with Crippen molar-refractivity contribution in [3.05, 3.63) is 10.4 Å². The molecule has 13 nitrogen and oxygen atoms in total. The molecule has 1 aliphatic heterocycles. The van der Waals surface area contributed by atoms with Crippen molar-refractivity contribution in [2.24, 2.45) is 5.11 Å². The molecule has 1 heterocycles. The first kappa shape index (κ1) is 24.6. The fourth-order valence-electron chi connectivity index (χ4n) is 3.08. The second kappa shape index (κ2) is 13.7. The van der Waals surface area contributed by atoms with Gasteiger partial charge in [-0.1, -0.05) is 5.11 Å². The number of rotatable bonds is 9. The fraction of sp³-hybridized carbons (Fsp3) is 0.812. The Morgan fingerprint density at radius 1 is 0.690 bits per heavy atom. The van der Waals surface area contributed by atoms with Crippen LogP contribution in [0, 0.1) is 0 Å². The number of carboxylic acid groups (broad SMARTS) is 3. The molecule has 1 aliphatic rings. The summed E-state index contributed by atoms with van der Waals surface area (Å²) < 4.78 is 0. The lowest BCUT2D eigenvalue weighted by molar-refractivity contribution is -0.140. The van der Waals surface area contributed by atoms with Gasteiger partial charge in [0.15, 0.2) is 0 Å². The number of aliphatic carboxylic acids is 3. The van der Waals surface area contributed by atoms with E-state index in [1.807, 2.05) is 4.90 Å². The van der Waals surface area contributed by atoms with Crippen molar-refractivity contribution in [1.82, 2.24) is 19.6 Å². The zero-order valence-corrected chi connectivity index (χ0v) is 16.4. The van der Waals surface area contributed by atoms with Crippen molar-refractivity contribution in [3.63, 3.8) is 0 Å². The van der Waals surface area contributed by atoms with Crippen LogP contribution in [-0.4, -0.2) is 138 Å². The van der Waals surface area contributed by atoms with Crippen molar-refractivity contribution < 1.29 is 29.7 Å².